The van der Waals surface area contributed by atoms with Gasteiger partial charge in [0.2, 0.25) is 0 Å². The fourth-order valence-corrected chi connectivity index (χ4v) is 4.73. The van der Waals surface area contributed by atoms with Crippen molar-refractivity contribution in [1.82, 2.24) is 9.55 Å². The molecule has 0 amide bonds. The van der Waals surface area contributed by atoms with Crippen LogP contribution in [0.2, 0.25) is 0 Å². The lowest BCUT2D eigenvalue weighted by molar-refractivity contribution is -0.172. The van der Waals surface area contributed by atoms with E-state index in [0.29, 0.717) is 27.9 Å². The molecule has 0 radical (unpaired) electrons. The lowest BCUT2D eigenvalue weighted by Gasteiger charge is -2.31. The van der Waals surface area contributed by atoms with Crippen molar-refractivity contribution in [3.05, 3.63) is 57.4 Å². The van der Waals surface area contributed by atoms with Crippen molar-refractivity contribution in [2.45, 2.75) is 32.1 Å². The smallest absolute Gasteiger partial charge is 0.356 e. The number of cyclic esters (lactones) is 1. The average molecular weight is 428 g/mol. The molecule has 2 aliphatic rings. The maximum atomic E-state index is 13.1. The Labute approximate surface area is 169 Å². The third-order valence-electron chi connectivity index (χ3n) is 5.83. The zero-order chi connectivity index (χ0) is 21.4. The Morgan fingerprint density at radius 3 is 2.70 bits per heavy atom. The molecule has 5 rings (SSSR count). The van der Waals surface area contributed by atoms with E-state index in [2.05, 4.69) is 4.98 Å². The SMILES string of the molecule is CC[C@@]1(O)C(=O)OCc2c1cc1n(c2=O)Cc2cc3cc(P(=O)(O)O)ccc3nc2-1. The molecule has 0 unspecified atom stereocenters. The summed E-state index contributed by atoms with van der Waals surface area (Å²) in [5.41, 5.74) is 0.458. The molecule has 9 nitrogen and oxygen atoms in total. The van der Waals surface area contributed by atoms with Gasteiger partial charge < -0.3 is 24.2 Å². The molecule has 0 aliphatic carbocycles. The van der Waals surface area contributed by atoms with E-state index >= 15 is 0 Å². The highest BCUT2D eigenvalue weighted by Gasteiger charge is 2.45. The minimum Gasteiger partial charge on any atom is -0.458 e. The van der Waals surface area contributed by atoms with Gasteiger partial charge in [-0.3, -0.25) is 9.36 Å². The highest BCUT2D eigenvalue weighted by molar-refractivity contribution is 7.60. The molecule has 0 saturated carbocycles. The molecule has 0 fully saturated rings. The van der Waals surface area contributed by atoms with Crippen molar-refractivity contribution in [1.29, 1.82) is 0 Å². The van der Waals surface area contributed by atoms with Crippen LogP contribution in [0.25, 0.3) is 22.3 Å². The largest absolute Gasteiger partial charge is 0.458 e. The summed E-state index contributed by atoms with van der Waals surface area (Å²) < 4.78 is 18.1. The number of nitrogens with zero attached hydrogens (tertiary/aromatic N) is 2. The van der Waals surface area contributed by atoms with Gasteiger partial charge in [-0.05, 0) is 36.8 Å². The number of fused-ring (bicyclic) bond motifs is 5. The van der Waals surface area contributed by atoms with Gasteiger partial charge in [0.05, 0.1) is 34.3 Å². The van der Waals surface area contributed by atoms with E-state index in [1.807, 2.05) is 0 Å². The van der Waals surface area contributed by atoms with E-state index in [1.165, 1.54) is 22.8 Å². The zero-order valence-corrected chi connectivity index (χ0v) is 16.7. The van der Waals surface area contributed by atoms with Crippen molar-refractivity contribution >= 4 is 29.8 Å². The Hall–Kier alpha value is -2.84. The molecule has 154 valence electrons. The molecular weight excluding hydrogens is 411 g/mol. The summed E-state index contributed by atoms with van der Waals surface area (Å²) in [4.78, 5) is 48.7. The van der Waals surface area contributed by atoms with E-state index in [4.69, 9.17) is 4.74 Å². The van der Waals surface area contributed by atoms with Crippen LogP contribution in [0.3, 0.4) is 0 Å². The molecule has 30 heavy (non-hydrogen) atoms. The predicted molar refractivity (Wildman–Crippen MR) is 106 cm³/mol. The first-order chi connectivity index (χ1) is 14.1. The normalized spacial score (nSPS) is 19.9. The minimum absolute atomic E-state index is 0.0604. The van der Waals surface area contributed by atoms with Gasteiger partial charge in [-0.2, -0.15) is 0 Å². The Balaban J connectivity index is 1.74. The van der Waals surface area contributed by atoms with E-state index in [1.54, 1.807) is 19.1 Å². The molecule has 2 aromatic heterocycles. The Bertz CT molecular complexity index is 1370. The van der Waals surface area contributed by atoms with Gasteiger partial charge in [0.15, 0.2) is 5.60 Å². The lowest BCUT2D eigenvalue weighted by atomic mass is 9.86. The fraction of sp³-hybridized carbons (Fsp3) is 0.250. The summed E-state index contributed by atoms with van der Waals surface area (Å²) in [5.74, 6) is -0.781. The number of carbonyl (C=O) groups is 1. The monoisotopic (exact) mass is 428 g/mol. The second kappa shape index (κ2) is 6.09. The van der Waals surface area contributed by atoms with Crippen molar-refractivity contribution in [2.75, 3.05) is 0 Å². The van der Waals surface area contributed by atoms with Crippen LogP contribution < -0.4 is 10.9 Å². The number of hydrogen-bond donors (Lipinski definition) is 3. The van der Waals surface area contributed by atoms with Gasteiger partial charge in [0.1, 0.15) is 6.61 Å². The topological polar surface area (TPSA) is 139 Å². The number of rotatable bonds is 2. The first-order valence-corrected chi connectivity index (χ1v) is 10.9. The molecule has 3 N–H and O–H groups in total. The van der Waals surface area contributed by atoms with E-state index in [9.17, 15) is 29.0 Å². The van der Waals surface area contributed by atoms with Crippen molar-refractivity contribution in [3.8, 4) is 11.4 Å². The third kappa shape index (κ3) is 2.53. The predicted octanol–water partition coefficient (Wildman–Crippen LogP) is 0.883. The maximum Gasteiger partial charge on any atom is 0.356 e. The molecule has 0 saturated heterocycles. The summed E-state index contributed by atoms with van der Waals surface area (Å²) >= 11 is 0. The molecular formula is C20H17N2O7P. The van der Waals surface area contributed by atoms with Gasteiger partial charge in [0.25, 0.3) is 5.56 Å². The van der Waals surface area contributed by atoms with Crippen molar-refractivity contribution in [2.24, 2.45) is 0 Å². The van der Waals surface area contributed by atoms with Crippen LogP contribution in [0.5, 0.6) is 0 Å². The molecule has 0 bridgehead atoms. The van der Waals surface area contributed by atoms with Gasteiger partial charge in [0, 0.05) is 16.5 Å². The van der Waals surface area contributed by atoms with Crippen molar-refractivity contribution < 1.29 is 29.0 Å². The van der Waals surface area contributed by atoms with Gasteiger partial charge in [-0.15, -0.1) is 0 Å². The molecule has 1 aromatic carbocycles. The highest BCUT2D eigenvalue weighted by Crippen LogP contribution is 2.39. The highest BCUT2D eigenvalue weighted by atomic mass is 31.2. The van der Waals surface area contributed by atoms with Crippen LogP contribution in [0.1, 0.15) is 30.0 Å². The summed E-state index contributed by atoms with van der Waals surface area (Å²) in [6, 6.07) is 7.60. The Morgan fingerprint density at radius 1 is 1.23 bits per heavy atom. The van der Waals surface area contributed by atoms with Crippen molar-refractivity contribution in [3.63, 3.8) is 0 Å². The standard InChI is InChI=1S/C20H17N2O7P/c1-2-20(25)14-7-16-17-11(8-22(16)18(23)13(14)9-29-19(20)24)5-10-6-12(30(26,27)28)3-4-15(10)21-17/h3-7,25H,2,8-9H2,1H3,(H2,26,27,28)/t20-/m0/s1. The first kappa shape index (κ1) is 19.1. The van der Waals surface area contributed by atoms with Gasteiger partial charge >= 0.3 is 13.6 Å². The molecule has 0 spiro atoms. The summed E-state index contributed by atoms with van der Waals surface area (Å²) in [6.07, 6.45) is 0.0604. The van der Waals surface area contributed by atoms with E-state index < -0.39 is 19.2 Å². The molecule has 2 aliphatic heterocycles. The van der Waals surface area contributed by atoms with E-state index in [-0.39, 0.29) is 41.6 Å². The minimum atomic E-state index is -4.40. The molecule has 1 atom stereocenters. The second-order valence-electron chi connectivity index (χ2n) is 7.52. The second-order valence-corrected chi connectivity index (χ2v) is 9.12. The van der Waals surface area contributed by atoms with Crippen LogP contribution in [-0.4, -0.2) is 30.4 Å². The van der Waals surface area contributed by atoms with Gasteiger partial charge in [-0.25, -0.2) is 9.78 Å². The maximum absolute atomic E-state index is 13.1. The van der Waals surface area contributed by atoms with Gasteiger partial charge in [-0.1, -0.05) is 6.92 Å². The molecule has 10 heteroatoms. The number of aromatic nitrogens is 2. The lowest BCUT2D eigenvalue weighted by Crippen LogP contribution is -2.44. The quantitative estimate of drug-likeness (QED) is 0.316. The van der Waals surface area contributed by atoms with Crippen LogP contribution in [0.15, 0.2) is 35.1 Å². The number of pyridine rings is 2. The number of benzene rings is 1. The number of aliphatic hydroxyl groups is 1. The summed E-state index contributed by atoms with van der Waals surface area (Å²) in [5, 5.41) is 11.3. The first-order valence-electron chi connectivity index (χ1n) is 9.30. The molecule has 4 heterocycles. The Kier molecular flexibility index (Phi) is 3.88. The van der Waals surface area contributed by atoms with Crippen LogP contribution in [0, 0.1) is 0 Å². The third-order valence-corrected chi connectivity index (χ3v) is 6.78. The summed E-state index contributed by atoms with van der Waals surface area (Å²) in [7, 11) is -4.40. The summed E-state index contributed by atoms with van der Waals surface area (Å²) in [6.45, 7) is 1.66. The number of esters is 1. The van der Waals surface area contributed by atoms with Crippen LogP contribution in [-0.2, 0) is 32.8 Å². The number of hydrogen-bond acceptors (Lipinski definition) is 6. The Morgan fingerprint density at radius 2 is 2.00 bits per heavy atom. The van der Waals surface area contributed by atoms with Crippen LogP contribution in [0.4, 0.5) is 0 Å². The number of carbonyl (C=O) groups excluding carboxylic acids is 1. The molecule has 3 aromatic rings. The van der Waals surface area contributed by atoms with Crippen LogP contribution >= 0.6 is 7.60 Å². The zero-order valence-electron chi connectivity index (χ0n) is 15.8. The van der Waals surface area contributed by atoms with E-state index in [0.717, 1.165) is 0 Å². The average Bonchev–Trinajstić information content (AvgIpc) is 3.06. The fourth-order valence-electron chi connectivity index (χ4n) is 4.15. The number of ether oxygens (including phenoxy) is 1.